The van der Waals surface area contributed by atoms with E-state index in [1.54, 1.807) is 16.2 Å². The average molecular weight is 412 g/mol. The van der Waals surface area contributed by atoms with Gasteiger partial charge in [-0.2, -0.15) is 0 Å². The molecule has 29 heavy (non-hydrogen) atoms. The number of carbonyl (C=O) groups is 3. The minimum Gasteiger partial charge on any atom is -0.456 e. The van der Waals surface area contributed by atoms with E-state index in [-0.39, 0.29) is 31.1 Å². The van der Waals surface area contributed by atoms with E-state index in [0.29, 0.717) is 18.7 Å². The van der Waals surface area contributed by atoms with Gasteiger partial charge in [-0.05, 0) is 37.5 Å². The van der Waals surface area contributed by atoms with Gasteiger partial charge in [-0.15, -0.1) is 11.3 Å². The lowest BCUT2D eigenvalue weighted by Gasteiger charge is -2.26. The van der Waals surface area contributed by atoms with Gasteiger partial charge in [0.15, 0.2) is 12.4 Å². The molecule has 0 saturated heterocycles. The molecule has 2 heterocycles. The van der Waals surface area contributed by atoms with Crippen LogP contribution in [-0.4, -0.2) is 42.3 Å². The Kier molecular flexibility index (Phi) is 6.99. The highest BCUT2D eigenvalue weighted by Crippen LogP contribution is 2.23. The van der Waals surface area contributed by atoms with Crippen LogP contribution in [0.4, 0.5) is 0 Å². The van der Waals surface area contributed by atoms with E-state index in [0.717, 1.165) is 16.2 Å². The monoisotopic (exact) mass is 411 g/mol. The molecule has 6 heteroatoms. The van der Waals surface area contributed by atoms with Crippen molar-refractivity contribution in [2.75, 3.05) is 19.7 Å². The van der Waals surface area contributed by atoms with Crippen LogP contribution in [0.3, 0.4) is 0 Å². The molecule has 0 bridgehead atoms. The summed E-state index contributed by atoms with van der Waals surface area (Å²) >= 11 is 1.57. The summed E-state index contributed by atoms with van der Waals surface area (Å²) in [6.07, 6.45) is 2.90. The van der Waals surface area contributed by atoms with Crippen molar-refractivity contribution in [3.8, 4) is 0 Å². The van der Waals surface area contributed by atoms with Gasteiger partial charge in [0.05, 0.1) is 6.42 Å². The van der Waals surface area contributed by atoms with E-state index in [9.17, 15) is 14.4 Å². The highest BCUT2D eigenvalue weighted by molar-refractivity contribution is 7.12. The minimum absolute atomic E-state index is 0.0154. The molecule has 1 amide bonds. The fraction of sp³-hybridized carbons (Fsp3) is 0.348. The van der Waals surface area contributed by atoms with Crippen LogP contribution in [0.2, 0.25) is 0 Å². The van der Waals surface area contributed by atoms with Gasteiger partial charge >= 0.3 is 5.97 Å². The standard InChI is InChI=1S/C23H25NO4S/c1-16-14-20(17(2)29-16)21(25)8-9-23(27)28-15-22(26)24-12-10-19(11-13-24)18-6-4-3-5-7-18/h3-7,10,14H,8-9,11-13,15H2,1-2H3. The Bertz CT molecular complexity index is 930. The predicted molar refractivity (Wildman–Crippen MR) is 114 cm³/mol. The first-order valence-electron chi connectivity index (χ1n) is 9.72. The van der Waals surface area contributed by atoms with Gasteiger partial charge in [-0.3, -0.25) is 14.4 Å². The number of nitrogens with zero attached hydrogens (tertiary/aromatic N) is 1. The van der Waals surface area contributed by atoms with E-state index >= 15 is 0 Å². The van der Waals surface area contributed by atoms with Gasteiger partial charge in [-0.25, -0.2) is 0 Å². The van der Waals surface area contributed by atoms with Crippen LogP contribution in [0.15, 0.2) is 42.5 Å². The Hall–Kier alpha value is -2.73. The number of hydrogen-bond acceptors (Lipinski definition) is 5. The van der Waals surface area contributed by atoms with Crippen LogP contribution < -0.4 is 0 Å². The number of rotatable bonds is 7. The molecule has 0 unspecified atom stereocenters. The summed E-state index contributed by atoms with van der Waals surface area (Å²) in [5.41, 5.74) is 3.07. The third-order valence-electron chi connectivity index (χ3n) is 4.96. The highest BCUT2D eigenvalue weighted by Gasteiger charge is 2.20. The third-order valence-corrected chi connectivity index (χ3v) is 5.93. The van der Waals surface area contributed by atoms with Gasteiger partial charge < -0.3 is 9.64 Å². The summed E-state index contributed by atoms with van der Waals surface area (Å²) < 4.78 is 5.09. The number of ether oxygens (including phenoxy) is 1. The van der Waals surface area contributed by atoms with Crippen LogP contribution >= 0.6 is 11.3 Å². The van der Waals surface area contributed by atoms with E-state index in [1.165, 1.54) is 11.1 Å². The van der Waals surface area contributed by atoms with Crippen molar-refractivity contribution in [2.24, 2.45) is 0 Å². The SMILES string of the molecule is Cc1cc(C(=O)CCC(=O)OCC(=O)N2CC=C(c3ccccc3)CC2)c(C)s1. The van der Waals surface area contributed by atoms with Gasteiger partial charge in [0, 0.05) is 34.8 Å². The zero-order chi connectivity index (χ0) is 20.8. The molecule has 152 valence electrons. The first-order valence-corrected chi connectivity index (χ1v) is 10.5. The van der Waals surface area contributed by atoms with Gasteiger partial charge in [-0.1, -0.05) is 36.4 Å². The zero-order valence-electron chi connectivity index (χ0n) is 16.8. The maximum atomic E-state index is 12.3. The van der Waals surface area contributed by atoms with Crippen molar-refractivity contribution in [1.29, 1.82) is 0 Å². The smallest absolute Gasteiger partial charge is 0.306 e. The van der Waals surface area contributed by atoms with Gasteiger partial charge in [0.1, 0.15) is 0 Å². The number of ketones is 1. The second-order valence-corrected chi connectivity index (χ2v) is 8.56. The summed E-state index contributed by atoms with van der Waals surface area (Å²) in [7, 11) is 0. The Morgan fingerprint density at radius 3 is 2.48 bits per heavy atom. The average Bonchev–Trinajstić information content (AvgIpc) is 3.09. The molecule has 3 rings (SSSR count). The number of aryl methyl sites for hydroxylation is 2. The summed E-state index contributed by atoms with van der Waals surface area (Å²) in [4.78, 5) is 40.2. The number of hydrogen-bond donors (Lipinski definition) is 0. The molecule has 0 aliphatic carbocycles. The van der Waals surface area contributed by atoms with Gasteiger partial charge in [0.2, 0.25) is 0 Å². The molecule has 0 radical (unpaired) electrons. The van der Waals surface area contributed by atoms with Gasteiger partial charge in [0.25, 0.3) is 5.91 Å². The van der Waals surface area contributed by atoms with Crippen molar-refractivity contribution in [1.82, 2.24) is 4.90 Å². The lowest BCUT2D eigenvalue weighted by Crippen LogP contribution is -2.37. The van der Waals surface area contributed by atoms with E-state index < -0.39 is 5.97 Å². The van der Waals surface area contributed by atoms with Crippen LogP contribution in [0, 0.1) is 13.8 Å². The summed E-state index contributed by atoms with van der Waals surface area (Å²) in [6, 6.07) is 12.0. The number of carbonyl (C=O) groups excluding carboxylic acids is 3. The van der Waals surface area contributed by atoms with Crippen molar-refractivity contribution in [2.45, 2.75) is 33.1 Å². The molecule has 1 aromatic carbocycles. The number of thiophene rings is 1. The largest absolute Gasteiger partial charge is 0.456 e. The molecular weight excluding hydrogens is 386 g/mol. The second-order valence-electron chi connectivity index (χ2n) is 7.10. The Morgan fingerprint density at radius 1 is 1.10 bits per heavy atom. The van der Waals surface area contributed by atoms with Crippen molar-refractivity contribution in [3.05, 3.63) is 63.4 Å². The molecule has 1 aliphatic rings. The number of Topliss-reactive ketones (excluding diaryl/α,β-unsaturated/α-hetero) is 1. The first-order chi connectivity index (χ1) is 13.9. The number of benzene rings is 1. The fourth-order valence-electron chi connectivity index (χ4n) is 3.37. The van der Waals surface area contributed by atoms with E-state index in [2.05, 4.69) is 12.1 Å². The molecule has 1 aliphatic heterocycles. The predicted octanol–water partition coefficient (Wildman–Crippen LogP) is 4.19. The summed E-state index contributed by atoms with van der Waals surface area (Å²) in [5.74, 6) is -0.795. The van der Waals surface area contributed by atoms with E-state index in [4.69, 9.17) is 4.74 Å². The lowest BCUT2D eigenvalue weighted by molar-refractivity contribution is -0.151. The third kappa shape index (κ3) is 5.64. The topological polar surface area (TPSA) is 63.7 Å². The molecule has 0 atom stereocenters. The Labute approximate surface area is 175 Å². The zero-order valence-corrected chi connectivity index (χ0v) is 17.6. The summed E-state index contributed by atoms with van der Waals surface area (Å²) in [5, 5.41) is 0. The van der Waals surface area contributed by atoms with Crippen molar-refractivity contribution < 1.29 is 19.1 Å². The molecule has 0 N–H and O–H groups in total. The maximum Gasteiger partial charge on any atom is 0.306 e. The van der Waals surface area contributed by atoms with Crippen molar-refractivity contribution in [3.63, 3.8) is 0 Å². The summed E-state index contributed by atoms with van der Waals surface area (Å²) in [6.45, 7) is 4.69. The quantitative estimate of drug-likeness (QED) is 0.506. The van der Waals surface area contributed by atoms with Crippen LogP contribution in [0.1, 0.15) is 44.9 Å². The molecule has 5 nitrogen and oxygen atoms in total. The normalized spacial score (nSPS) is 13.7. The lowest BCUT2D eigenvalue weighted by atomic mass is 10.00. The second kappa shape index (κ2) is 9.65. The molecule has 0 fully saturated rings. The highest BCUT2D eigenvalue weighted by atomic mass is 32.1. The maximum absolute atomic E-state index is 12.3. The minimum atomic E-state index is -0.520. The Morgan fingerprint density at radius 2 is 1.86 bits per heavy atom. The molecule has 1 aromatic heterocycles. The van der Waals surface area contributed by atoms with E-state index in [1.807, 2.05) is 44.2 Å². The fourth-order valence-corrected chi connectivity index (χ4v) is 4.32. The Balaban J connectivity index is 1.41. The molecular formula is C23H25NO4S. The molecule has 0 spiro atoms. The van der Waals surface area contributed by atoms with Crippen LogP contribution in [0.25, 0.3) is 5.57 Å². The first kappa shape index (κ1) is 21.0. The van der Waals surface area contributed by atoms with Crippen LogP contribution in [0.5, 0.6) is 0 Å². The number of esters is 1. The van der Waals surface area contributed by atoms with Crippen LogP contribution in [-0.2, 0) is 14.3 Å². The molecule has 2 aromatic rings. The van der Waals surface area contributed by atoms with Crippen molar-refractivity contribution >= 4 is 34.6 Å². The molecule has 0 saturated carbocycles. The number of amides is 1.